The Morgan fingerprint density at radius 3 is 2.56 bits per heavy atom. The van der Waals surface area contributed by atoms with Crippen LogP contribution in [0.5, 0.6) is 0 Å². The van der Waals surface area contributed by atoms with E-state index in [1.807, 2.05) is 29.2 Å². The van der Waals surface area contributed by atoms with Crippen LogP contribution in [0, 0.1) is 0 Å². The van der Waals surface area contributed by atoms with Crippen LogP contribution >= 0.6 is 36.4 Å². The predicted octanol–water partition coefficient (Wildman–Crippen LogP) is 3.12. The van der Waals surface area contributed by atoms with Crippen LogP contribution in [0.1, 0.15) is 49.1 Å². The maximum atomic E-state index is 12.9. The van der Waals surface area contributed by atoms with Crippen LogP contribution in [-0.2, 0) is 11.2 Å². The van der Waals surface area contributed by atoms with Crippen LogP contribution in [0.15, 0.2) is 30.6 Å². The normalized spacial score (nSPS) is 23.1. The van der Waals surface area contributed by atoms with E-state index in [-0.39, 0.29) is 42.7 Å². The van der Waals surface area contributed by atoms with Crippen molar-refractivity contribution in [3.63, 3.8) is 0 Å². The van der Waals surface area contributed by atoms with Gasteiger partial charge in [-0.3, -0.25) is 4.79 Å². The minimum Gasteiger partial charge on any atom is -0.387 e. The summed E-state index contributed by atoms with van der Waals surface area (Å²) in [4.78, 5) is 25.9. The van der Waals surface area contributed by atoms with Gasteiger partial charge in [-0.15, -0.1) is 24.8 Å². The van der Waals surface area contributed by atoms with E-state index in [1.165, 1.54) is 6.33 Å². The highest BCUT2D eigenvalue weighted by molar-refractivity contribution is 6.30. The summed E-state index contributed by atoms with van der Waals surface area (Å²) in [6.07, 6.45) is 2.16. The Morgan fingerprint density at radius 2 is 1.91 bits per heavy atom. The molecule has 0 bridgehead atoms. The quantitative estimate of drug-likeness (QED) is 0.667. The number of aromatic nitrogens is 2. The van der Waals surface area contributed by atoms with E-state index in [9.17, 15) is 9.90 Å². The molecule has 7 nitrogen and oxygen atoms in total. The summed E-state index contributed by atoms with van der Waals surface area (Å²) < 4.78 is 0. The van der Waals surface area contributed by atoms with Crippen molar-refractivity contribution in [2.24, 2.45) is 5.73 Å². The molecular formula is C22H30Cl3N5O2. The molecule has 1 aromatic carbocycles. The van der Waals surface area contributed by atoms with Gasteiger partial charge in [-0.1, -0.05) is 30.7 Å². The average molecular weight is 503 g/mol. The lowest BCUT2D eigenvalue weighted by molar-refractivity contribution is -0.133. The Kier molecular flexibility index (Phi) is 9.14. The summed E-state index contributed by atoms with van der Waals surface area (Å²) in [5.41, 5.74) is 9.00. The number of halogens is 3. The second kappa shape index (κ2) is 11.0. The number of fused-ring (bicyclic) bond motifs is 1. The Labute approximate surface area is 206 Å². The van der Waals surface area contributed by atoms with Crippen LogP contribution in [0.25, 0.3) is 0 Å². The molecule has 3 N–H and O–H groups in total. The summed E-state index contributed by atoms with van der Waals surface area (Å²) in [5, 5.41) is 10.9. The second-order valence-electron chi connectivity index (χ2n) is 8.41. The number of nitrogens with zero attached hydrogens (tertiary/aromatic N) is 4. The first-order valence-corrected chi connectivity index (χ1v) is 10.8. The molecule has 4 rings (SSSR count). The number of aliphatic hydroxyl groups is 1. The van der Waals surface area contributed by atoms with Gasteiger partial charge in [0.25, 0.3) is 0 Å². The highest BCUT2D eigenvalue weighted by atomic mass is 35.5. The van der Waals surface area contributed by atoms with E-state index in [4.69, 9.17) is 17.3 Å². The topological polar surface area (TPSA) is 95.6 Å². The fraction of sp³-hybridized carbons (Fsp3) is 0.500. The predicted molar refractivity (Wildman–Crippen MR) is 131 cm³/mol. The van der Waals surface area contributed by atoms with Gasteiger partial charge < -0.3 is 20.6 Å². The zero-order valence-electron chi connectivity index (χ0n) is 18.1. The van der Waals surface area contributed by atoms with Crippen molar-refractivity contribution in [2.45, 2.75) is 50.8 Å². The van der Waals surface area contributed by atoms with Gasteiger partial charge in [0, 0.05) is 36.3 Å². The van der Waals surface area contributed by atoms with E-state index < -0.39 is 12.1 Å². The van der Waals surface area contributed by atoms with Crippen molar-refractivity contribution in [1.82, 2.24) is 14.9 Å². The molecule has 1 aromatic heterocycles. The lowest BCUT2D eigenvalue weighted by atomic mass is 10.0. The zero-order chi connectivity index (χ0) is 21.4. The number of nitrogens with two attached hydrogens (primary N) is 1. The van der Waals surface area contributed by atoms with Gasteiger partial charge in [-0.2, -0.15) is 0 Å². The third-order valence-electron chi connectivity index (χ3n) is 6.18. The first-order valence-electron chi connectivity index (χ1n) is 10.4. The molecule has 2 aromatic rings. The van der Waals surface area contributed by atoms with Gasteiger partial charge in [-0.05, 0) is 43.4 Å². The number of carbonyl (C=O) groups excluding carboxylic acids is 1. The summed E-state index contributed by atoms with van der Waals surface area (Å²) in [6, 6.07) is 6.95. The number of carbonyl (C=O) groups is 1. The number of anilines is 1. The van der Waals surface area contributed by atoms with Gasteiger partial charge in [0.2, 0.25) is 5.91 Å². The van der Waals surface area contributed by atoms with Crippen LogP contribution in [-0.4, -0.2) is 57.6 Å². The number of rotatable bonds is 4. The molecule has 1 amide bonds. The molecule has 2 aliphatic rings. The number of piperazine rings is 1. The Morgan fingerprint density at radius 1 is 1.22 bits per heavy atom. The highest BCUT2D eigenvalue weighted by Gasteiger charge is 2.36. The largest absolute Gasteiger partial charge is 0.387 e. The lowest BCUT2D eigenvalue weighted by Gasteiger charge is -2.42. The lowest BCUT2D eigenvalue weighted by Crippen LogP contribution is -2.57. The maximum absolute atomic E-state index is 12.9. The monoisotopic (exact) mass is 501 g/mol. The summed E-state index contributed by atoms with van der Waals surface area (Å²) in [6.45, 7) is 6.04. The molecule has 0 spiro atoms. The van der Waals surface area contributed by atoms with Crippen LogP contribution < -0.4 is 10.6 Å². The van der Waals surface area contributed by atoms with Crippen molar-refractivity contribution in [2.75, 3.05) is 24.5 Å². The van der Waals surface area contributed by atoms with Gasteiger partial charge in [0.05, 0.1) is 17.8 Å². The summed E-state index contributed by atoms with van der Waals surface area (Å²) >= 11 is 5.93. The third kappa shape index (κ3) is 5.29. The van der Waals surface area contributed by atoms with E-state index in [1.54, 1.807) is 0 Å². The molecule has 2 heterocycles. The zero-order valence-corrected chi connectivity index (χ0v) is 20.5. The maximum Gasteiger partial charge on any atom is 0.239 e. The SMILES string of the molecule is CC1CN(C(=O)C(N)Cc2ccc(Cl)cc2)CCN1c1ncnc2c1[C@H](C)C[C@H]2O.Cl.Cl. The summed E-state index contributed by atoms with van der Waals surface area (Å²) in [5.74, 6) is 1.06. The molecule has 1 aliphatic heterocycles. The van der Waals surface area contributed by atoms with Crippen molar-refractivity contribution < 1.29 is 9.90 Å². The van der Waals surface area contributed by atoms with Gasteiger partial charge in [-0.25, -0.2) is 9.97 Å². The van der Waals surface area contributed by atoms with E-state index in [0.717, 1.165) is 22.6 Å². The third-order valence-corrected chi connectivity index (χ3v) is 6.43. The van der Waals surface area contributed by atoms with Crippen LogP contribution in [0.3, 0.4) is 0 Å². The Balaban J connectivity index is 0.00000181. The molecule has 1 saturated heterocycles. The standard InChI is InChI=1S/C22H28ClN5O2.2ClH/c1-13-9-18(29)20-19(13)21(26-12-25-20)28-8-7-27(11-14(28)2)22(30)17(24)10-15-3-5-16(23)6-4-15;;/h3-6,12-14,17-18,29H,7-11,24H2,1-2H3;2*1H/t13-,14?,17?,18-;;/m1../s1. The molecule has 176 valence electrons. The first-order chi connectivity index (χ1) is 14.3. The highest BCUT2D eigenvalue weighted by Crippen LogP contribution is 2.43. The van der Waals surface area contributed by atoms with Crippen molar-refractivity contribution in [1.29, 1.82) is 0 Å². The molecule has 4 atom stereocenters. The Bertz CT molecular complexity index is 930. The molecular weight excluding hydrogens is 473 g/mol. The van der Waals surface area contributed by atoms with Crippen LogP contribution in [0.4, 0.5) is 5.82 Å². The van der Waals surface area contributed by atoms with Gasteiger partial charge in [0.1, 0.15) is 12.1 Å². The number of aliphatic hydroxyl groups excluding tert-OH is 1. The fourth-order valence-electron chi connectivity index (χ4n) is 4.60. The van der Waals surface area contributed by atoms with Crippen molar-refractivity contribution >= 4 is 48.1 Å². The van der Waals surface area contributed by atoms with Crippen molar-refractivity contribution in [3.05, 3.63) is 52.4 Å². The van der Waals surface area contributed by atoms with Gasteiger partial charge in [0.15, 0.2) is 0 Å². The molecule has 10 heteroatoms. The fourth-order valence-corrected chi connectivity index (χ4v) is 4.73. The first kappa shape index (κ1) is 26.6. The minimum atomic E-state index is -0.580. The number of amides is 1. The Hall–Kier alpha value is -1.64. The molecule has 0 saturated carbocycles. The van der Waals surface area contributed by atoms with Crippen LogP contribution in [0.2, 0.25) is 5.02 Å². The average Bonchev–Trinajstić information content (AvgIpc) is 3.03. The number of benzene rings is 1. The molecule has 32 heavy (non-hydrogen) atoms. The molecule has 0 radical (unpaired) electrons. The molecule has 1 aliphatic carbocycles. The van der Waals surface area contributed by atoms with Gasteiger partial charge >= 0.3 is 0 Å². The van der Waals surface area contributed by atoms with E-state index >= 15 is 0 Å². The molecule has 2 unspecified atom stereocenters. The molecule has 1 fully saturated rings. The van der Waals surface area contributed by atoms with E-state index in [0.29, 0.717) is 37.5 Å². The minimum absolute atomic E-state index is 0. The number of hydrogen-bond donors (Lipinski definition) is 2. The smallest absolute Gasteiger partial charge is 0.239 e. The van der Waals surface area contributed by atoms with E-state index in [2.05, 4.69) is 28.7 Å². The second-order valence-corrected chi connectivity index (χ2v) is 8.85. The summed E-state index contributed by atoms with van der Waals surface area (Å²) in [7, 11) is 0. The number of hydrogen-bond acceptors (Lipinski definition) is 6. The van der Waals surface area contributed by atoms with Crippen molar-refractivity contribution in [3.8, 4) is 0 Å².